The average Bonchev–Trinajstić information content (AvgIpc) is 0.699. The maximum Gasteiger partial charge on any atom is 0.298 e. The largest absolute Gasteiger partial charge is 0.471 e. The lowest BCUT2D eigenvalue weighted by Gasteiger charge is -2.38. The summed E-state index contributed by atoms with van der Waals surface area (Å²) < 4.78 is 161. The molecule has 0 spiro atoms. The molecule has 0 bridgehead atoms. The normalized spacial score (nSPS) is 19.5. The van der Waals surface area contributed by atoms with E-state index in [1.807, 2.05) is 59.7 Å². The van der Waals surface area contributed by atoms with Crippen molar-refractivity contribution in [2.24, 2.45) is 21.7 Å². The number of benzene rings is 6. The smallest absolute Gasteiger partial charge is 0.298 e. The number of nitrogens with zero attached hydrogens (tertiary/aromatic N) is 2. The number of hydrogen-bond donors (Lipinski definition) is 4. The van der Waals surface area contributed by atoms with Gasteiger partial charge in [0, 0.05) is 71.0 Å². The Labute approximate surface area is 609 Å². The second-order valence-electron chi connectivity index (χ2n) is 31.3. The summed E-state index contributed by atoms with van der Waals surface area (Å²) in [5.74, 6) is -0.970. The molecule has 0 saturated heterocycles. The topological polar surface area (TPSA) is 329 Å². The van der Waals surface area contributed by atoms with Crippen molar-refractivity contribution in [3.8, 4) is 23.0 Å². The maximum atomic E-state index is 14.0. The molecule has 104 heavy (non-hydrogen) atoms. The van der Waals surface area contributed by atoms with E-state index in [1.165, 1.54) is 54.1 Å². The highest BCUT2D eigenvalue weighted by Crippen LogP contribution is 2.53. The van der Waals surface area contributed by atoms with Gasteiger partial charge < -0.3 is 28.7 Å². The van der Waals surface area contributed by atoms with Gasteiger partial charge in [-0.3, -0.25) is 37.4 Å². The van der Waals surface area contributed by atoms with Gasteiger partial charge in [-0.1, -0.05) is 132 Å². The third kappa shape index (κ3) is 17.4. The fourth-order valence-corrected chi connectivity index (χ4v) is 19.1. The van der Waals surface area contributed by atoms with Crippen LogP contribution in [-0.4, -0.2) is 139 Å². The van der Waals surface area contributed by atoms with Crippen molar-refractivity contribution < 1.29 is 90.0 Å². The molecule has 6 aliphatic rings. The first-order valence-corrected chi connectivity index (χ1v) is 40.3. The summed E-state index contributed by atoms with van der Waals surface area (Å²) >= 11 is 0. The van der Waals surface area contributed by atoms with Crippen LogP contribution in [-0.2, 0) is 72.4 Å². The zero-order valence-electron chi connectivity index (χ0n) is 61.6. The number of amides is 2. The van der Waals surface area contributed by atoms with E-state index in [0.717, 1.165) is 57.6 Å². The standard InChI is InChI=1S/C37H43NO11S3.C37H43NO5S.2C2H4O2/c1-20-16-36(3,4)18-28-24(20)14-26-30(22-10-8-9-11-23(22)35(39)38(7)12-13-50(40,41)42)27-15-25-21(2)17-37(5,6)19-29(25)34(52(46,47)48)32(27)49-31(26)33(28)51(43,44)45;1-22-18-36(3,4)20-24-14-32-30(16-28(22)24)34(26-10-8-9-11-27(26)35(39)38(7)12-13-44(40,41)42)31-17-29-23(2)19-37(5,6)21-25(29)15-33(31)43-32;2*1-4-2-3/h8-11,14-15,18,20-21H,12-13,16-17,19H2,1-7H3,(H,40,41,42)(H,43,44,45)(H,46,47,48);8-11,14-17,20,22-23H,12-13,18-19,21H2,1-7H3,(H,40,41,42);2*2H,1H3. The van der Waals surface area contributed by atoms with Crippen LogP contribution in [0.4, 0.5) is 0 Å². The van der Waals surface area contributed by atoms with Gasteiger partial charge in [0.2, 0.25) is 0 Å². The van der Waals surface area contributed by atoms with Crippen molar-refractivity contribution in [2.75, 3.05) is 52.9 Å². The van der Waals surface area contributed by atoms with Crippen LogP contribution < -0.4 is 30.3 Å². The molecule has 2 heterocycles. The highest BCUT2D eigenvalue weighted by Gasteiger charge is 2.43. The minimum absolute atomic E-state index is 0.0568. The number of carbonyl (C=O) groups is 4. The Morgan fingerprint density at radius 3 is 1.45 bits per heavy atom. The third-order valence-electron chi connectivity index (χ3n) is 20.1. The molecule has 0 aromatic heterocycles. The molecule has 0 radical (unpaired) electrons. The minimum Gasteiger partial charge on any atom is -0.471 e. The van der Waals surface area contributed by atoms with Crippen LogP contribution in [0.15, 0.2) is 94.7 Å². The van der Waals surface area contributed by atoms with Crippen LogP contribution in [0.25, 0.3) is 23.3 Å². The molecular weight excluding hydrogens is 1410 g/mol. The number of hydrogen-bond acceptors (Lipinski definition) is 16. The van der Waals surface area contributed by atoms with Gasteiger partial charge in [-0.25, -0.2) is 0 Å². The molecule has 4 atom stereocenters. The number of carbonyl (C=O) groups excluding carboxylic acids is 4. The molecular formula is C78H94N2O20S4. The number of fused-ring (bicyclic) bond motifs is 8. The molecule has 4 aliphatic carbocycles. The van der Waals surface area contributed by atoms with E-state index in [4.69, 9.17) is 19.1 Å². The fraction of sp³-hybridized carbons (Fsp3) is 0.436. The SMILES string of the molecule is CC1CC(C)(C)Cc2c1cc1c(c2S(=O)(=O)O)Oc2c(S(=O)(=O)O)c3c(cc2=C1c1ccccc1C(=O)N(C)CCS(=O)(=O)O)C(C)CC(C)(C)C=3.CC1CC(C)(C)Cc2cc3c(cc21)C(c1ccccc1C(=O)N(C)CCS(=O)(=O)O)=c1cc2c(cc1O3)=CC(C)(C)CC2C.COC=O.COC=O. The van der Waals surface area contributed by atoms with Gasteiger partial charge in [-0.2, -0.15) is 33.7 Å². The van der Waals surface area contributed by atoms with E-state index >= 15 is 0 Å². The van der Waals surface area contributed by atoms with Crippen LogP contribution in [0.2, 0.25) is 0 Å². The molecule has 2 amide bonds. The lowest BCUT2D eigenvalue weighted by Crippen LogP contribution is -2.36. The highest BCUT2D eigenvalue weighted by atomic mass is 32.2. The van der Waals surface area contributed by atoms with Crippen LogP contribution in [0.5, 0.6) is 23.0 Å². The van der Waals surface area contributed by atoms with Crippen LogP contribution in [0.3, 0.4) is 0 Å². The summed E-state index contributed by atoms with van der Waals surface area (Å²) in [4.78, 5) is 47.2. The predicted molar refractivity (Wildman–Crippen MR) is 397 cm³/mol. The van der Waals surface area contributed by atoms with Crippen molar-refractivity contribution in [1.29, 1.82) is 0 Å². The number of methoxy groups -OCH3 is 2. The van der Waals surface area contributed by atoms with E-state index < -0.39 is 73.1 Å². The summed E-state index contributed by atoms with van der Waals surface area (Å²) in [6, 6.07) is 26.3. The molecule has 6 aromatic rings. The van der Waals surface area contributed by atoms with Crippen LogP contribution >= 0.6 is 0 Å². The van der Waals surface area contributed by atoms with Crippen LogP contribution in [0.1, 0.15) is 209 Å². The summed E-state index contributed by atoms with van der Waals surface area (Å²) in [5, 5.41) is 2.53. The van der Waals surface area contributed by atoms with Gasteiger partial charge in [0.05, 0.1) is 25.7 Å². The highest BCUT2D eigenvalue weighted by molar-refractivity contribution is 7.86. The van der Waals surface area contributed by atoms with Crippen molar-refractivity contribution in [2.45, 2.75) is 155 Å². The van der Waals surface area contributed by atoms with Gasteiger partial charge >= 0.3 is 0 Å². The molecule has 4 unspecified atom stereocenters. The Morgan fingerprint density at radius 1 is 0.510 bits per heavy atom. The molecule has 12 rings (SSSR count). The summed E-state index contributed by atoms with van der Waals surface area (Å²) in [6.07, 6.45) is 8.78. The lowest BCUT2D eigenvalue weighted by atomic mass is 9.69. The number of rotatable bonds is 14. The fourth-order valence-electron chi connectivity index (χ4n) is 16.4. The maximum absolute atomic E-state index is 14.0. The van der Waals surface area contributed by atoms with Gasteiger partial charge in [0.1, 0.15) is 21.3 Å². The van der Waals surface area contributed by atoms with Gasteiger partial charge in [-0.05, 0) is 187 Å². The zero-order valence-corrected chi connectivity index (χ0v) is 64.9. The molecule has 2 aliphatic heterocycles. The van der Waals surface area contributed by atoms with Gasteiger partial charge in [-0.15, -0.1) is 0 Å². The van der Waals surface area contributed by atoms with E-state index in [2.05, 4.69) is 81.4 Å². The van der Waals surface area contributed by atoms with E-state index in [0.29, 0.717) is 59.9 Å². The second kappa shape index (κ2) is 29.7. The minimum atomic E-state index is -5.06. The molecule has 26 heteroatoms. The monoisotopic (exact) mass is 1510 g/mol. The molecule has 0 saturated carbocycles. The molecule has 22 nitrogen and oxygen atoms in total. The number of ether oxygens (including phenoxy) is 4. The van der Waals surface area contributed by atoms with Gasteiger partial charge in [0.25, 0.3) is 65.2 Å². The van der Waals surface area contributed by atoms with Gasteiger partial charge in [0.15, 0.2) is 11.5 Å². The Bertz CT molecular complexity index is 5230. The average molecular weight is 1510 g/mol. The molecule has 6 aromatic carbocycles. The Kier molecular flexibility index (Phi) is 22.8. The zero-order chi connectivity index (χ0) is 77.1. The first kappa shape index (κ1) is 80.0. The first-order chi connectivity index (χ1) is 48.1. The molecule has 560 valence electrons. The summed E-state index contributed by atoms with van der Waals surface area (Å²) in [7, 11) is -13.2. The first-order valence-electron chi connectivity index (χ1n) is 34.2. The Hall–Kier alpha value is -8.08. The van der Waals surface area contributed by atoms with E-state index in [1.54, 1.807) is 49.5 Å². The second-order valence-corrected chi connectivity index (χ2v) is 37.2. The summed E-state index contributed by atoms with van der Waals surface area (Å²) in [6.45, 7) is 25.8. The van der Waals surface area contributed by atoms with Crippen molar-refractivity contribution in [1.82, 2.24) is 9.80 Å². The van der Waals surface area contributed by atoms with E-state index in [-0.39, 0.29) is 97.7 Å². The van der Waals surface area contributed by atoms with Crippen molar-refractivity contribution in [3.63, 3.8) is 0 Å². The quantitative estimate of drug-likeness (QED) is 0.0580. The summed E-state index contributed by atoms with van der Waals surface area (Å²) in [5.41, 5.74) is 8.73. The van der Waals surface area contributed by atoms with Crippen LogP contribution in [0, 0.1) is 21.7 Å². The Morgan fingerprint density at radius 2 is 0.952 bits per heavy atom. The molecule has 4 N–H and O–H groups in total. The molecule has 0 fully saturated rings. The van der Waals surface area contributed by atoms with Crippen molar-refractivity contribution in [3.05, 3.63) is 173 Å². The third-order valence-corrected chi connectivity index (χ3v) is 23.4. The predicted octanol–water partition coefficient (Wildman–Crippen LogP) is 10.9. The van der Waals surface area contributed by atoms with E-state index in [9.17, 15) is 61.5 Å². The van der Waals surface area contributed by atoms with Crippen molar-refractivity contribution >= 4 is 88.5 Å². The lowest BCUT2D eigenvalue weighted by molar-refractivity contribution is -0.126. The Balaban J connectivity index is 0.000000221.